The van der Waals surface area contributed by atoms with Crippen molar-refractivity contribution in [2.24, 2.45) is 0 Å². The summed E-state index contributed by atoms with van der Waals surface area (Å²) in [4.78, 5) is 15.1. The van der Waals surface area contributed by atoms with Crippen molar-refractivity contribution in [3.05, 3.63) is 35.9 Å². The maximum Gasteiger partial charge on any atom is 0.230 e. The Hall–Kier alpha value is -1.35. The summed E-state index contributed by atoms with van der Waals surface area (Å²) in [5, 5.41) is 3.32. The number of rotatable bonds is 5. The first-order valence-electron chi connectivity index (χ1n) is 7.62. The number of nitrogens with zero attached hydrogens (tertiary/aromatic N) is 1. The van der Waals surface area contributed by atoms with Crippen LogP contribution in [-0.4, -0.2) is 36.0 Å². The molecule has 1 saturated heterocycles. The molecule has 3 rings (SSSR count). The van der Waals surface area contributed by atoms with Crippen molar-refractivity contribution >= 4 is 5.91 Å². The van der Waals surface area contributed by atoms with Gasteiger partial charge in [-0.2, -0.15) is 0 Å². The second-order valence-electron chi connectivity index (χ2n) is 6.86. The number of carbonyl (C=O) groups excluding carboxylic acids is 1. The SMILES string of the molecule is CC(C)(C(=O)NC1(CN2CCC2)CC1)c1ccccc1. The molecule has 0 radical (unpaired) electrons. The van der Waals surface area contributed by atoms with Crippen molar-refractivity contribution in [2.45, 2.75) is 44.1 Å². The predicted octanol–water partition coefficient (Wildman–Crippen LogP) is 2.32. The van der Waals surface area contributed by atoms with Gasteiger partial charge in [0.2, 0.25) is 5.91 Å². The van der Waals surface area contributed by atoms with Gasteiger partial charge in [0.05, 0.1) is 11.0 Å². The van der Waals surface area contributed by atoms with E-state index in [2.05, 4.69) is 10.2 Å². The summed E-state index contributed by atoms with van der Waals surface area (Å²) < 4.78 is 0. The Bertz CT molecular complexity index is 487. The van der Waals surface area contributed by atoms with E-state index in [0.717, 1.165) is 24.9 Å². The van der Waals surface area contributed by atoms with Gasteiger partial charge in [-0.05, 0) is 51.8 Å². The highest BCUT2D eigenvalue weighted by atomic mass is 16.2. The zero-order valence-corrected chi connectivity index (χ0v) is 12.5. The Labute approximate surface area is 121 Å². The van der Waals surface area contributed by atoms with Crippen LogP contribution in [0, 0.1) is 0 Å². The normalized spacial score (nSPS) is 21.1. The molecule has 0 bridgehead atoms. The van der Waals surface area contributed by atoms with E-state index in [1.54, 1.807) is 0 Å². The lowest BCUT2D eigenvalue weighted by molar-refractivity contribution is -0.126. The highest BCUT2D eigenvalue weighted by molar-refractivity contribution is 5.88. The first kappa shape index (κ1) is 13.6. The zero-order valence-electron chi connectivity index (χ0n) is 12.5. The zero-order chi connectivity index (χ0) is 14.2. The number of amides is 1. The van der Waals surface area contributed by atoms with Crippen LogP contribution in [0.1, 0.15) is 38.7 Å². The largest absolute Gasteiger partial charge is 0.349 e. The standard InChI is InChI=1S/C17H24N2O/c1-16(2,14-7-4-3-5-8-14)15(20)18-17(9-10-17)13-19-11-6-12-19/h3-5,7-8H,6,9-13H2,1-2H3,(H,18,20). The van der Waals surface area contributed by atoms with Gasteiger partial charge >= 0.3 is 0 Å². The Morgan fingerprint density at radius 2 is 1.90 bits per heavy atom. The number of nitrogens with one attached hydrogen (secondary N) is 1. The molecule has 0 unspecified atom stereocenters. The monoisotopic (exact) mass is 272 g/mol. The molecule has 1 amide bonds. The number of benzene rings is 1. The number of hydrogen-bond acceptors (Lipinski definition) is 2. The van der Waals surface area contributed by atoms with Crippen molar-refractivity contribution in [2.75, 3.05) is 19.6 Å². The van der Waals surface area contributed by atoms with Crippen LogP contribution in [0.15, 0.2) is 30.3 Å². The summed E-state index contributed by atoms with van der Waals surface area (Å²) in [5.41, 5.74) is 0.673. The van der Waals surface area contributed by atoms with Gasteiger partial charge in [-0.3, -0.25) is 4.79 Å². The van der Waals surface area contributed by atoms with Gasteiger partial charge in [-0.1, -0.05) is 30.3 Å². The van der Waals surface area contributed by atoms with Crippen molar-refractivity contribution in [3.8, 4) is 0 Å². The van der Waals surface area contributed by atoms with E-state index >= 15 is 0 Å². The van der Waals surface area contributed by atoms with Crippen molar-refractivity contribution in [1.82, 2.24) is 10.2 Å². The van der Waals surface area contributed by atoms with Gasteiger partial charge in [0.1, 0.15) is 0 Å². The van der Waals surface area contributed by atoms with Crippen LogP contribution < -0.4 is 5.32 Å². The quantitative estimate of drug-likeness (QED) is 0.892. The summed E-state index contributed by atoms with van der Waals surface area (Å²) in [5.74, 6) is 0.154. The maximum atomic E-state index is 12.7. The molecule has 0 atom stereocenters. The smallest absolute Gasteiger partial charge is 0.230 e. The fraction of sp³-hybridized carbons (Fsp3) is 0.588. The summed E-state index contributed by atoms with van der Waals surface area (Å²) in [6, 6.07) is 10.1. The summed E-state index contributed by atoms with van der Waals surface area (Å²) in [6.45, 7) is 7.44. The first-order valence-corrected chi connectivity index (χ1v) is 7.62. The predicted molar refractivity (Wildman–Crippen MR) is 80.6 cm³/mol. The molecule has 1 N–H and O–H groups in total. The molecule has 1 aromatic rings. The highest BCUT2D eigenvalue weighted by Crippen LogP contribution is 2.38. The number of likely N-dealkylation sites (tertiary alicyclic amines) is 1. The van der Waals surface area contributed by atoms with Gasteiger partial charge in [-0.15, -0.1) is 0 Å². The lowest BCUT2D eigenvalue weighted by atomic mass is 9.83. The molecular weight excluding hydrogens is 248 g/mol. The number of carbonyl (C=O) groups is 1. The lowest BCUT2D eigenvalue weighted by Gasteiger charge is -2.36. The molecule has 0 spiro atoms. The topological polar surface area (TPSA) is 32.3 Å². The summed E-state index contributed by atoms with van der Waals surface area (Å²) in [6.07, 6.45) is 3.56. The fourth-order valence-electron chi connectivity index (χ4n) is 2.82. The van der Waals surface area contributed by atoms with Crippen LogP contribution in [0.5, 0.6) is 0 Å². The van der Waals surface area contributed by atoms with Gasteiger partial charge in [0.25, 0.3) is 0 Å². The summed E-state index contributed by atoms with van der Waals surface area (Å²) >= 11 is 0. The van der Waals surface area contributed by atoms with Gasteiger partial charge in [0, 0.05) is 6.54 Å². The molecule has 2 aliphatic rings. The molecule has 0 aromatic heterocycles. The van der Waals surface area contributed by atoms with E-state index in [4.69, 9.17) is 0 Å². The third kappa shape index (κ3) is 2.59. The first-order chi connectivity index (χ1) is 9.52. The second kappa shape index (κ2) is 4.88. The van der Waals surface area contributed by atoms with Crippen molar-refractivity contribution in [1.29, 1.82) is 0 Å². The van der Waals surface area contributed by atoms with E-state index in [1.165, 1.54) is 19.5 Å². The average molecular weight is 272 g/mol. The Morgan fingerprint density at radius 3 is 2.40 bits per heavy atom. The minimum Gasteiger partial charge on any atom is -0.349 e. The van der Waals surface area contributed by atoms with E-state index < -0.39 is 5.41 Å². The minimum absolute atomic E-state index is 0.0591. The minimum atomic E-state index is -0.466. The molecule has 3 nitrogen and oxygen atoms in total. The molecule has 20 heavy (non-hydrogen) atoms. The van der Waals surface area contributed by atoms with E-state index in [1.807, 2.05) is 44.2 Å². The maximum absolute atomic E-state index is 12.7. The third-order valence-electron chi connectivity index (χ3n) is 4.77. The second-order valence-corrected chi connectivity index (χ2v) is 6.86. The van der Waals surface area contributed by atoms with Gasteiger partial charge in [0.15, 0.2) is 0 Å². The molecule has 108 valence electrons. The Balaban J connectivity index is 1.66. The summed E-state index contributed by atoms with van der Waals surface area (Å²) in [7, 11) is 0. The van der Waals surface area contributed by atoms with Gasteiger partial charge in [-0.25, -0.2) is 0 Å². The molecule has 1 aliphatic heterocycles. The molecule has 2 fully saturated rings. The molecule has 3 heteroatoms. The Morgan fingerprint density at radius 1 is 1.25 bits per heavy atom. The highest BCUT2D eigenvalue weighted by Gasteiger charge is 2.47. The van der Waals surface area contributed by atoms with Crippen LogP contribution in [-0.2, 0) is 10.2 Å². The van der Waals surface area contributed by atoms with Crippen molar-refractivity contribution < 1.29 is 4.79 Å². The van der Waals surface area contributed by atoms with Gasteiger partial charge < -0.3 is 10.2 Å². The molecular formula is C17H24N2O. The van der Waals surface area contributed by atoms with Crippen molar-refractivity contribution in [3.63, 3.8) is 0 Å². The molecule has 1 aliphatic carbocycles. The number of hydrogen-bond donors (Lipinski definition) is 1. The van der Waals surface area contributed by atoms with E-state index in [-0.39, 0.29) is 11.4 Å². The van der Waals surface area contributed by atoms with E-state index in [9.17, 15) is 4.79 Å². The molecule has 1 aromatic carbocycles. The van der Waals surface area contributed by atoms with Crippen LogP contribution in [0.25, 0.3) is 0 Å². The lowest BCUT2D eigenvalue weighted by Crippen LogP contribution is -2.53. The fourth-order valence-corrected chi connectivity index (χ4v) is 2.82. The third-order valence-corrected chi connectivity index (χ3v) is 4.77. The molecule has 1 heterocycles. The van der Waals surface area contributed by atoms with Crippen LogP contribution in [0.4, 0.5) is 0 Å². The van der Waals surface area contributed by atoms with Crippen LogP contribution in [0.2, 0.25) is 0 Å². The van der Waals surface area contributed by atoms with E-state index in [0.29, 0.717) is 0 Å². The average Bonchev–Trinajstić information content (AvgIpc) is 3.15. The van der Waals surface area contributed by atoms with Crippen LogP contribution in [0.3, 0.4) is 0 Å². The molecule has 1 saturated carbocycles. The Kier molecular flexibility index (Phi) is 3.33. The van der Waals surface area contributed by atoms with Crippen LogP contribution >= 0.6 is 0 Å².